The number of thiazole rings is 1. The zero-order valence-electron chi connectivity index (χ0n) is 14.4. The van der Waals surface area contributed by atoms with Gasteiger partial charge in [-0.25, -0.2) is 4.98 Å². The van der Waals surface area contributed by atoms with Crippen molar-refractivity contribution in [1.82, 2.24) is 4.98 Å². The van der Waals surface area contributed by atoms with E-state index in [1.165, 1.54) is 18.4 Å². The van der Waals surface area contributed by atoms with Crippen molar-refractivity contribution in [3.05, 3.63) is 59.1 Å². The number of hydrogen-bond acceptors (Lipinski definition) is 6. The maximum absolute atomic E-state index is 11.6. The Hall–Kier alpha value is -3.06. The summed E-state index contributed by atoms with van der Waals surface area (Å²) >= 11 is 1.51. The molecule has 0 aliphatic heterocycles. The Kier molecular flexibility index (Phi) is 5.38. The van der Waals surface area contributed by atoms with Gasteiger partial charge in [-0.2, -0.15) is 0 Å². The third-order valence-electron chi connectivity index (χ3n) is 3.70. The largest absolute Gasteiger partial charge is 0.497 e. The van der Waals surface area contributed by atoms with Gasteiger partial charge >= 0.3 is 0 Å². The molecule has 2 aromatic carbocycles. The number of hydrogen-bond donors (Lipinski definition) is 1. The van der Waals surface area contributed by atoms with Crippen LogP contribution in [0.1, 0.15) is 16.1 Å². The number of methoxy groups -OCH3 is 2. The predicted molar refractivity (Wildman–Crippen MR) is 99.9 cm³/mol. The Bertz CT molecular complexity index is 923. The van der Waals surface area contributed by atoms with E-state index in [9.17, 15) is 4.79 Å². The van der Waals surface area contributed by atoms with Crippen molar-refractivity contribution >= 4 is 17.2 Å². The van der Waals surface area contributed by atoms with E-state index in [0.29, 0.717) is 11.5 Å². The lowest BCUT2D eigenvalue weighted by Crippen LogP contribution is -2.13. The second kappa shape index (κ2) is 7.88. The van der Waals surface area contributed by atoms with Crippen LogP contribution in [0.3, 0.4) is 0 Å². The van der Waals surface area contributed by atoms with Crippen LogP contribution >= 0.6 is 11.3 Å². The molecule has 7 heteroatoms. The number of benzene rings is 2. The Morgan fingerprint density at radius 3 is 2.69 bits per heavy atom. The Morgan fingerprint density at radius 2 is 1.96 bits per heavy atom. The van der Waals surface area contributed by atoms with E-state index in [4.69, 9.17) is 19.9 Å². The summed E-state index contributed by atoms with van der Waals surface area (Å²) in [7, 11) is 3.14. The van der Waals surface area contributed by atoms with Crippen molar-refractivity contribution in [3.63, 3.8) is 0 Å². The number of amides is 1. The molecule has 1 heterocycles. The molecular formula is C19H18N2O4S. The lowest BCUT2D eigenvalue weighted by Gasteiger charge is -2.12. The van der Waals surface area contributed by atoms with Crippen LogP contribution in [0, 0.1) is 0 Å². The number of para-hydroxylation sites is 1. The van der Waals surface area contributed by atoms with E-state index < -0.39 is 5.91 Å². The molecule has 1 aromatic heterocycles. The number of ether oxygens (including phenoxy) is 3. The van der Waals surface area contributed by atoms with E-state index >= 15 is 0 Å². The summed E-state index contributed by atoms with van der Waals surface area (Å²) in [6.07, 6.45) is 0. The third kappa shape index (κ3) is 3.78. The second-order valence-corrected chi connectivity index (χ2v) is 6.22. The minimum absolute atomic E-state index is 0.196. The van der Waals surface area contributed by atoms with Gasteiger partial charge in [0.15, 0.2) is 11.5 Å². The van der Waals surface area contributed by atoms with E-state index in [1.54, 1.807) is 25.3 Å². The smallest absolute Gasteiger partial charge is 0.252 e. The minimum atomic E-state index is -0.575. The number of aromatic nitrogens is 1. The fourth-order valence-corrected chi connectivity index (χ4v) is 3.23. The van der Waals surface area contributed by atoms with Gasteiger partial charge in [0.1, 0.15) is 17.4 Å². The first-order valence-corrected chi connectivity index (χ1v) is 8.68. The summed E-state index contributed by atoms with van der Waals surface area (Å²) in [4.78, 5) is 16.2. The van der Waals surface area contributed by atoms with Crippen LogP contribution in [-0.4, -0.2) is 25.1 Å². The highest BCUT2D eigenvalue weighted by Gasteiger charge is 2.15. The lowest BCUT2D eigenvalue weighted by atomic mass is 10.2. The van der Waals surface area contributed by atoms with Crippen molar-refractivity contribution in [1.29, 1.82) is 0 Å². The van der Waals surface area contributed by atoms with Crippen molar-refractivity contribution in [2.75, 3.05) is 14.2 Å². The minimum Gasteiger partial charge on any atom is -0.497 e. The molecule has 0 aliphatic rings. The van der Waals surface area contributed by atoms with Crippen LogP contribution in [-0.2, 0) is 6.61 Å². The standard InChI is InChI=1S/C19H18N2O4S/c1-23-14-6-3-5-12(9-14)19-21-13(11-26-19)10-25-17-15(18(20)22)7-4-8-16(17)24-2/h3-9,11H,10H2,1-2H3,(H2,20,22). The van der Waals surface area contributed by atoms with Gasteiger partial charge in [-0.3, -0.25) is 4.79 Å². The van der Waals surface area contributed by atoms with Crippen LogP contribution in [0.25, 0.3) is 10.6 Å². The summed E-state index contributed by atoms with van der Waals surface area (Å²) in [6, 6.07) is 12.7. The van der Waals surface area contributed by atoms with Crippen LogP contribution in [0.15, 0.2) is 47.8 Å². The van der Waals surface area contributed by atoms with Crippen molar-refractivity contribution in [2.45, 2.75) is 6.61 Å². The predicted octanol–water partition coefficient (Wildman–Crippen LogP) is 3.51. The number of rotatable bonds is 7. The summed E-state index contributed by atoms with van der Waals surface area (Å²) < 4.78 is 16.3. The number of carbonyl (C=O) groups is 1. The number of nitrogens with zero attached hydrogens (tertiary/aromatic N) is 1. The molecule has 0 fully saturated rings. The zero-order chi connectivity index (χ0) is 18.5. The summed E-state index contributed by atoms with van der Waals surface area (Å²) in [5.74, 6) is 0.966. The molecule has 3 aromatic rings. The number of carbonyl (C=O) groups excluding carboxylic acids is 1. The fourth-order valence-electron chi connectivity index (χ4n) is 2.43. The number of primary amides is 1. The lowest BCUT2D eigenvalue weighted by molar-refractivity contribution is 0.0995. The summed E-state index contributed by atoms with van der Waals surface area (Å²) in [6.45, 7) is 0.196. The molecular weight excluding hydrogens is 352 g/mol. The molecule has 6 nitrogen and oxygen atoms in total. The molecule has 134 valence electrons. The SMILES string of the molecule is COc1cccc(-c2nc(COc3c(OC)cccc3C(N)=O)cs2)c1. The van der Waals surface area contributed by atoms with E-state index in [2.05, 4.69) is 4.98 Å². The Balaban J connectivity index is 1.80. The molecule has 0 aliphatic carbocycles. The molecule has 0 saturated carbocycles. The highest BCUT2D eigenvalue weighted by atomic mass is 32.1. The molecule has 0 unspecified atom stereocenters. The average Bonchev–Trinajstić information content (AvgIpc) is 3.15. The van der Waals surface area contributed by atoms with Gasteiger partial charge < -0.3 is 19.9 Å². The first kappa shape index (κ1) is 17.8. The van der Waals surface area contributed by atoms with Gasteiger partial charge in [-0.15, -0.1) is 11.3 Å². The van der Waals surface area contributed by atoms with Crippen molar-refractivity contribution in [3.8, 4) is 27.8 Å². The van der Waals surface area contributed by atoms with Crippen LogP contribution < -0.4 is 19.9 Å². The summed E-state index contributed by atoms with van der Waals surface area (Å²) in [5.41, 5.74) is 7.40. The average molecular weight is 370 g/mol. The highest BCUT2D eigenvalue weighted by molar-refractivity contribution is 7.13. The van der Waals surface area contributed by atoms with Gasteiger partial charge in [-0.1, -0.05) is 18.2 Å². The maximum Gasteiger partial charge on any atom is 0.252 e. The molecule has 2 N–H and O–H groups in total. The zero-order valence-corrected chi connectivity index (χ0v) is 15.2. The molecule has 0 radical (unpaired) electrons. The molecule has 0 spiro atoms. The van der Waals surface area contributed by atoms with Gasteiger partial charge in [-0.05, 0) is 24.3 Å². The monoisotopic (exact) mass is 370 g/mol. The second-order valence-electron chi connectivity index (χ2n) is 5.37. The van der Waals surface area contributed by atoms with Gasteiger partial charge in [0.2, 0.25) is 0 Å². The van der Waals surface area contributed by atoms with Crippen LogP contribution in [0.5, 0.6) is 17.2 Å². The summed E-state index contributed by atoms with van der Waals surface area (Å²) in [5, 5.41) is 2.77. The maximum atomic E-state index is 11.6. The van der Waals surface area contributed by atoms with Gasteiger partial charge in [0.25, 0.3) is 5.91 Å². The van der Waals surface area contributed by atoms with Crippen molar-refractivity contribution in [2.24, 2.45) is 5.73 Å². The topological polar surface area (TPSA) is 83.7 Å². The quantitative estimate of drug-likeness (QED) is 0.688. The van der Waals surface area contributed by atoms with Gasteiger partial charge in [0, 0.05) is 10.9 Å². The van der Waals surface area contributed by atoms with Crippen molar-refractivity contribution < 1.29 is 19.0 Å². The van der Waals surface area contributed by atoms with E-state index in [1.807, 2.05) is 29.6 Å². The van der Waals surface area contributed by atoms with Crippen LogP contribution in [0.4, 0.5) is 0 Å². The first-order valence-electron chi connectivity index (χ1n) is 7.80. The molecule has 1 amide bonds. The first-order chi connectivity index (χ1) is 12.6. The normalized spacial score (nSPS) is 10.4. The Labute approximate surface area is 155 Å². The molecule has 0 atom stereocenters. The fraction of sp³-hybridized carbons (Fsp3) is 0.158. The third-order valence-corrected chi connectivity index (χ3v) is 4.64. The van der Waals surface area contributed by atoms with Gasteiger partial charge in [0.05, 0.1) is 25.5 Å². The molecule has 0 saturated heterocycles. The Morgan fingerprint density at radius 1 is 1.15 bits per heavy atom. The number of nitrogens with two attached hydrogens (primary N) is 1. The van der Waals surface area contributed by atoms with E-state index in [-0.39, 0.29) is 12.2 Å². The molecule has 3 rings (SSSR count). The van der Waals surface area contributed by atoms with E-state index in [0.717, 1.165) is 22.0 Å². The highest BCUT2D eigenvalue weighted by Crippen LogP contribution is 2.32. The van der Waals surface area contributed by atoms with Crippen LogP contribution in [0.2, 0.25) is 0 Å². The molecule has 0 bridgehead atoms. The molecule has 26 heavy (non-hydrogen) atoms.